The van der Waals surface area contributed by atoms with Crippen LogP contribution < -0.4 is 5.73 Å². The van der Waals surface area contributed by atoms with Crippen molar-refractivity contribution in [3.63, 3.8) is 0 Å². The molecule has 0 saturated heterocycles. The Kier molecular flexibility index (Phi) is 2.50. The number of nitrogens with zero attached hydrogens (tertiary/aromatic N) is 1. The van der Waals surface area contributed by atoms with E-state index in [4.69, 9.17) is 5.73 Å². The van der Waals surface area contributed by atoms with Gasteiger partial charge in [0.25, 0.3) is 0 Å². The number of rotatable bonds is 1. The van der Waals surface area contributed by atoms with E-state index in [2.05, 4.69) is 20.9 Å². The first kappa shape index (κ1) is 9.21. The summed E-state index contributed by atoms with van der Waals surface area (Å²) in [5, 5.41) is 0. The van der Waals surface area contributed by atoms with Crippen LogP contribution in [0.3, 0.4) is 0 Å². The summed E-state index contributed by atoms with van der Waals surface area (Å²) in [7, 11) is 0. The van der Waals surface area contributed by atoms with Gasteiger partial charge in [0.15, 0.2) is 0 Å². The average molecular weight is 249 g/mol. The molecule has 3 heteroatoms. The molecule has 0 unspecified atom stereocenters. The van der Waals surface area contributed by atoms with Gasteiger partial charge in [-0.1, -0.05) is 12.1 Å². The van der Waals surface area contributed by atoms with Crippen molar-refractivity contribution in [3.8, 4) is 11.3 Å². The zero-order chi connectivity index (χ0) is 9.97. The Bertz CT molecular complexity index is 440. The van der Waals surface area contributed by atoms with Crippen molar-refractivity contribution in [2.75, 3.05) is 5.73 Å². The van der Waals surface area contributed by atoms with E-state index < -0.39 is 0 Å². The van der Waals surface area contributed by atoms with Crippen molar-refractivity contribution in [1.82, 2.24) is 4.98 Å². The Morgan fingerprint density at radius 1 is 1.14 bits per heavy atom. The van der Waals surface area contributed by atoms with E-state index in [9.17, 15) is 0 Å². The van der Waals surface area contributed by atoms with E-state index in [1.807, 2.05) is 36.4 Å². The van der Waals surface area contributed by atoms with Gasteiger partial charge in [-0.05, 0) is 40.2 Å². The number of pyridine rings is 1. The number of aromatic nitrogens is 1. The standard InChI is InChI=1S/C11H9BrN2/c12-9-7-8(4-5-10(9)13)11-3-1-2-6-14-11/h1-7H,13H2. The SMILES string of the molecule is Nc1ccc(-c2ccccn2)cc1Br. The van der Waals surface area contributed by atoms with Gasteiger partial charge < -0.3 is 5.73 Å². The highest BCUT2D eigenvalue weighted by Crippen LogP contribution is 2.25. The first-order chi connectivity index (χ1) is 6.77. The second kappa shape index (κ2) is 3.80. The summed E-state index contributed by atoms with van der Waals surface area (Å²) in [6.45, 7) is 0. The third-order valence-corrected chi connectivity index (χ3v) is 2.65. The number of halogens is 1. The van der Waals surface area contributed by atoms with E-state index in [-0.39, 0.29) is 0 Å². The maximum atomic E-state index is 5.70. The predicted octanol–water partition coefficient (Wildman–Crippen LogP) is 3.09. The van der Waals surface area contributed by atoms with Crippen LogP contribution in [0.1, 0.15) is 0 Å². The molecule has 70 valence electrons. The lowest BCUT2D eigenvalue weighted by Gasteiger charge is -2.02. The zero-order valence-electron chi connectivity index (χ0n) is 7.44. The monoisotopic (exact) mass is 248 g/mol. The lowest BCUT2D eigenvalue weighted by molar-refractivity contribution is 1.32. The molecule has 0 aliphatic heterocycles. The largest absolute Gasteiger partial charge is 0.398 e. The summed E-state index contributed by atoms with van der Waals surface area (Å²) < 4.78 is 0.903. The summed E-state index contributed by atoms with van der Waals surface area (Å²) in [5.41, 5.74) is 8.45. The van der Waals surface area contributed by atoms with Gasteiger partial charge in [-0.25, -0.2) is 0 Å². The zero-order valence-corrected chi connectivity index (χ0v) is 9.03. The van der Waals surface area contributed by atoms with Crippen LogP contribution in [0.4, 0.5) is 5.69 Å². The van der Waals surface area contributed by atoms with Gasteiger partial charge in [-0.3, -0.25) is 4.98 Å². The Balaban J connectivity index is 2.48. The molecule has 2 nitrogen and oxygen atoms in total. The van der Waals surface area contributed by atoms with Crippen LogP contribution in [0.5, 0.6) is 0 Å². The van der Waals surface area contributed by atoms with Crippen molar-refractivity contribution in [3.05, 3.63) is 47.1 Å². The molecule has 0 fully saturated rings. The Morgan fingerprint density at radius 3 is 2.64 bits per heavy atom. The smallest absolute Gasteiger partial charge is 0.0702 e. The van der Waals surface area contributed by atoms with E-state index in [0.717, 1.165) is 21.4 Å². The van der Waals surface area contributed by atoms with Gasteiger partial charge in [0.05, 0.1) is 5.69 Å². The van der Waals surface area contributed by atoms with Crippen molar-refractivity contribution in [2.24, 2.45) is 0 Å². The molecule has 0 bridgehead atoms. The number of nitrogens with two attached hydrogens (primary N) is 1. The fourth-order valence-corrected chi connectivity index (χ4v) is 1.60. The topological polar surface area (TPSA) is 38.9 Å². The summed E-state index contributed by atoms with van der Waals surface area (Å²) in [5.74, 6) is 0. The molecular formula is C11H9BrN2. The van der Waals surface area contributed by atoms with Crippen molar-refractivity contribution < 1.29 is 0 Å². The maximum absolute atomic E-state index is 5.70. The van der Waals surface area contributed by atoms with Crippen LogP contribution in [-0.2, 0) is 0 Å². The first-order valence-electron chi connectivity index (χ1n) is 4.24. The highest BCUT2D eigenvalue weighted by Gasteiger charge is 2.00. The highest BCUT2D eigenvalue weighted by molar-refractivity contribution is 9.10. The normalized spacial score (nSPS) is 10.1. The molecule has 1 aromatic heterocycles. The van der Waals surface area contributed by atoms with E-state index >= 15 is 0 Å². The molecule has 1 aromatic carbocycles. The molecule has 2 rings (SSSR count). The van der Waals surface area contributed by atoms with Crippen LogP contribution >= 0.6 is 15.9 Å². The van der Waals surface area contributed by atoms with Crippen LogP contribution in [0.2, 0.25) is 0 Å². The van der Waals surface area contributed by atoms with E-state index in [0.29, 0.717) is 0 Å². The predicted molar refractivity (Wildman–Crippen MR) is 61.8 cm³/mol. The van der Waals surface area contributed by atoms with Crippen LogP contribution in [0, 0.1) is 0 Å². The van der Waals surface area contributed by atoms with E-state index in [1.165, 1.54) is 0 Å². The number of benzene rings is 1. The summed E-state index contributed by atoms with van der Waals surface area (Å²) >= 11 is 3.39. The fourth-order valence-electron chi connectivity index (χ4n) is 1.22. The molecule has 0 amide bonds. The average Bonchev–Trinajstić information content (AvgIpc) is 2.23. The highest BCUT2D eigenvalue weighted by atomic mass is 79.9. The lowest BCUT2D eigenvalue weighted by Crippen LogP contribution is -1.87. The summed E-state index contributed by atoms with van der Waals surface area (Å²) in [4.78, 5) is 4.26. The lowest BCUT2D eigenvalue weighted by atomic mass is 10.1. The number of nitrogen functional groups attached to an aromatic ring is 1. The molecule has 0 aliphatic rings. The van der Waals surface area contributed by atoms with Crippen LogP contribution in [-0.4, -0.2) is 4.98 Å². The second-order valence-electron chi connectivity index (χ2n) is 2.95. The van der Waals surface area contributed by atoms with Crippen LogP contribution in [0.25, 0.3) is 11.3 Å². The molecule has 1 heterocycles. The van der Waals surface area contributed by atoms with Gasteiger partial charge in [0.2, 0.25) is 0 Å². The molecule has 0 aliphatic carbocycles. The summed E-state index contributed by atoms with van der Waals surface area (Å²) in [6.07, 6.45) is 1.78. The van der Waals surface area contributed by atoms with Gasteiger partial charge in [0.1, 0.15) is 0 Å². The first-order valence-corrected chi connectivity index (χ1v) is 5.03. The molecule has 0 saturated carbocycles. The van der Waals surface area contributed by atoms with Crippen molar-refractivity contribution in [1.29, 1.82) is 0 Å². The van der Waals surface area contributed by atoms with Gasteiger partial charge in [-0.15, -0.1) is 0 Å². The quantitative estimate of drug-likeness (QED) is 0.788. The van der Waals surface area contributed by atoms with Crippen LogP contribution in [0.15, 0.2) is 47.1 Å². The minimum atomic E-state index is 0.740. The summed E-state index contributed by atoms with van der Waals surface area (Å²) in [6, 6.07) is 11.6. The fraction of sp³-hybridized carbons (Fsp3) is 0. The number of hydrogen-bond donors (Lipinski definition) is 1. The maximum Gasteiger partial charge on any atom is 0.0702 e. The van der Waals surface area contributed by atoms with Gasteiger partial charge >= 0.3 is 0 Å². The molecular weight excluding hydrogens is 240 g/mol. The Morgan fingerprint density at radius 2 is 2.00 bits per heavy atom. The van der Waals surface area contributed by atoms with Gasteiger partial charge in [0, 0.05) is 21.9 Å². The Hall–Kier alpha value is -1.35. The number of anilines is 1. The molecule has 14 heavy (non-hydrogen) atoms. The number of hydrogen-bond acceptors (Lipinski definition) is 2. The van der Waals surface area contributed by atoms with Crippen molar-refractivity contribution in [2.45, 2.75) is 0 Å². The van der Waals surface area contributed by atoms with Crippen molar-refractivity contribution >= 4 is 21.6 Å². The molecule has 2 aromatic rings. The third kappa shape index (κ3) is 1.77. The molecule has 2 N–H and O–H groups in total. The second-order valence-corrected chi connectivity index (χ2v) is 3.81. The minimum Gasteiger partial charge on any atom is -0.398 e. The molecule has 0 spiro atoms. The van der Waals surface area contributed by atoms with Gasteiger partial charge in [-0.2, -0.15) is 0 Å². The molecule has 0 atom stereocenters. The molecule has 0 radical (unpaired) electrons. The minimum absolute atomic E-state index is 0.740. The Labute approximate surface area is 90.9 Å². The third-order valence-electron chi connectivity index (χ3n) is 1.96. The van der Waals surface area contributed by atoms with E-state index in [1.54, 1.807) is 6.20 Å².